The molecule has 0 spiro atoms. The second-order valence-corrected chi connectivity index (χ2v) is 8.93. The monoisotopic (exact) mass is 358 g/mol. The number of hydrogen-bond acceptors (Lipinski definition) is 5. The average Bonchev–Trinajstić information content (AvgIpc) is 3.48. The number of aliphatic hydroxyl groups excluding tert-OH is 1. The summed E-state index contributed by atoms with van der Waals surface area (Å²) < 4.78 is 0. The molecule has 3 aliphatic rings. The molecule has 5 nitrogen and oxygen atoms in total. The van der Waals surface area contributed by atoms with Crippen LogP contribution in [0.25, 0.3) is 0 Å². The summed E-state index contributed by atoms with van der Waals surface area (Å²) in [6.07, 6.45) is 8.31. The zero-order valence-corrected chi connectivity index (χ0v) is 16.2. The van der Waals surface area contributed by atoms with Gasteiger partial charge in [0, 0.05) is 57.4 Å². The van der Waals surface area contributed by atoms with Gasteiger partial charge in [-0.2, -0.15) is 0 Å². The Morgan fingerprint density at radius 3 is 2.62 bits per heavy atom. The number of nitrogens with zero attached hydrogens (tertiary/aromatic N) is 4. The second kappa shape index (κ2) is 7.83. The lowest BCUT2D eigenvalue weighted by Gasteiger charge is -2.42. The molecule has 1 aromatic rings. The molecule has 0 amide bonds. The molecule has 2 saturated heterocycles. The van der Waals surface area contributed by atoms with Gasteiger partial charge in [0.2, 0.25) is 0 Å². The normalized spacial score (nSPS) is 28.5. The first-order valence-corrected chi connectivity index (χ1v) is 10.4. The van der Waals surface area contributed by atoms with Crippen LogP contribution in [-0.2, 0) is 6.54 Å². The molecule has 26 heavy (non-hydrogen) atoms. The van der Waals surface area contributed by atoms with E-state index in [0.29, 0.717) is 6.61 Å². The van der Waals surface area contributed by atoms with Crippen molar-refractivity contribution >= 4 is 5.82 Å². The fourth-order valence-corrected chi connectivity index (χ4v) is 4.66. The highest BCUT2D eigenvalue weighted by atomic mass is 16.3. The van der Waals surface area contributed by atoms with Crippen molar-refractivity contribution in [3.05, 3.63) is 23.9 Å². The van der Waals surface area contributed by atoms with Crippen LogP contribution >= 0.6 is 0 Å². The summed E-state index contributed by atoms with van der Waals surface area (Å²) in [6, 6.07) is 4.44. The van der Waals surface area contributed by atoms with Gasteiger partial charge in [0.25, 0.3) is 0 Å². The third-order valence-corrected chi connectivity index (χ3v) is 6.55. The van der Waals surface area contributed by atoms with Crippen LogP contribution in [0.2, 0.25) is 0 Å². The molecular formula is C21H34N4O. The van der Waals surface area contributed by atoms with Crippen molar-refractivity contribution in [1.29, 1.82) is 0 Å². The van der Waals surface area contributed by atoms with Gasteiger partial charge >= 0.3 is 0 Å². The maximum Gasteiger partial charge on any atom is 0.128 e. The van der Waals surface area contributed by atoms with E-state index < -0.39 is 0 Å². The smallest absolute Gasteiger partial charge is 0.128 e. The lowest BCUT2D eigenvalue weighted by Crippen LogP contribution is -2.46. The Morgan fingerprint density at radius 2 is 1.96 bits per heavy atom. The van der Waals surface area contributed by atoms with E-state index in [1.165, 1.54) is 24.8 Å². The van der Waals surface area contributed by atoms with Crippen LogP contribution in [0.4, 0.5) is 5.82 Å². The summed E-state index contributed by atoms with van der Waals surface area (Å²) in [4.78, 5) is 12.1. The predicted octanol–water partition coefficient (Wildman–Crippen LogP) is 2.21. The van der Waals surface area contributed by atoms with Crippen LogP contribution in [0.1, 0.15) is 37.7 Å². The van der Waals surface area contributed by atoms with E-state index in [0.717, 1.165) is 70.4 Å². The van der Waals surface area contributed by atoms with Gasteiger partial charge in [-0.3, -0.25) is 4.90 Å². The zero-order chi connectivity index (χ0) is 18.0. The molecule has 1 aromatic heterocycles. The highest BCUT2D eigenvalue weighted by Gasteiger charge is 2.40. The van der Waals surface area contributed by atoms with Crippen LogP contribution < -0.4 is 4.90 Å². The van der Waals surface area contributed by atoms with Crippen LogP contribution in [0, 0.1) is 11.3 Å². The molecular weight excluding hydrogens is 324 g/mol. The number of rotatable bonds is 6. The van der Waals surface area contributed by atoms with Gasteiger partial charge in [0.05, 0.1) is 6.61 Å². The van der Waals surface area contributed by atoms with Crippen LogP contribution in [-0.4, -0.2) is 72.8 Å². The number of pyridine rings is 1. The van der Waals surface area contributed by atoms with E-state index in [-0.39, 0.29) is 5.41 Å². The summed E-state index contributed by atoms with van der Waals surface area (Å²) >= 11 is 0. The Morgan fingerprint density at radius 1 is 1.15 bits per heavy atom. The first-order chi connectivity index (χ1) is 12.7. The van der Waals surface area contributed by atoms with Crippen molar-refractivity contribution < 1.29 is 5.11 Å². The van der Waals surface area contributed by atoms with Gasteiger partial charge in [-0.15, -0.1) is 0 Å². The first kappa shape index (κ1) is 18.2. The van der Waals surface area contributed by atoms with E-state index >= 15 is 0 Å². The van der Waals surface area contributed by atoms with Gasteiger partial charge < -0.3 is 14.9 Å². The lowest BCUT2D eigenvalue weighted by molar-refractivity contribution is 0.0901. The van der Waals surface area contributed by atoms with E-state index in [2.05, 4.69) is 40.1 Å². The number of piperazine rings is 1. The molecule has 3 fully saturated rings. The van der Waals surface area contributed by atoms with E-state index in [4.69, 9.17) is 4.98 Å². The standard InChI is InChI=1S/C21H34N4O/c1-23-9-11-24(12-10-23)15-19-5-6-20(22-14-19)25-8-2-7-21(16-25,17-26)13-18-3-4-18/h5-6,14,18,26H,2-4,7-13,15-17H2,1H3/t21-/m0/s1. The molecule has 5 heteroatoms. The zero-order valence-electron chi connectivity index (χ0n) is 16.2. The molecule has 1 aliphatic carbocycles. The molecule has 144 valence electrons. The van der Waals surface area contributed by atoms with Crippen molar-refractivity contribution in [1.82, 2.24) is 14.8 Å². The summed E-state index contributed by atoms with van der Waals surface area (Å²) in [5.74, 6) is 1.95. The minimum absolute atomic E-state index is 0.0968. The maximum absolute atomic E-state index is 10.1. The number of aliphatic hydroxyl groups is 1. The Balaban J connectivity index is 1.36. The third kappa shape index (κ3) is 4.38. The Kier molecular flexibility index (Phi) is 5.48. The Labute approximate surface area is 158 Å². The number of likely N-dealkylation sites (N-methyl/N-ethyl adjacent to an activating group) is 1. The van der Waals surface area contributed by atoms with Crippen molar-refractivity contribution in [2.75, 3.05) is 57.8 Å². The predicted molar refractivity (Wildman–Crippen MR) is 105 cm³/mol. The molecule has 2 aliphatic heterocycles. The molecule has 0 aromatic carbocycles. The summed E-state index contributed by atoms with van der Waals surface area (Å²) in [7, 11) is 2.20. The van der Waals surface area contributed by atoms with Gasteiger partial charge in [-0.05, 0) is 43.9 Å². The number of aromatic nitrogens is 1. The molecule has 0 bridgehead atoms. The Hall–Kier alpha value is -1.17. The third-order valence-electron chi connectivity index (χ3n) is 6.55. The summed E-state index contributed by atoms with van der Waals surface area (Å²) in [6.45, 7) is 7.95. The molecule has 1 atom stereocenters. The summed E-state index contributed by atoms with van der Waals surface area (Å²) in [5.41, 5.74) is 1.40. The maximum atomic E-state index is 10.1. The lowest BCUT2D eigenvalue weighted by atomic mass is 9.76. The second-order valence-electron chi connectivity index (χ2n) is 8.93. The largest absolute Gasteiger partial charge is 0.396 e. The fraction of sp³-hybridized carbons (Fsp3) is 0.762. The van der Waals surface area contributed by atoms with E-state index in [9.17, 15) is 5.11 Å². The van der Waals surface area contributed by atoms with Crippen molar-refractivity contribution in [3.8, 4) is 0 Å². The van der Waals surface area contributed by atoms with Crippen LogP contribution in [0.15, 0.2) is 18.3 Å². The minimum Gasteiger partial charge on any atom is -0.396 e. The van der Waals surface area contributed by atoms with Gasteiger partial charge in [0.15, 0.2) is 0 Å². The SMILES string of the molecule is CN1CCN(Cc2ccc(N3CCC[C@](CO)(CC4CC4)C3)nc2)CC1. The molecule has 4 rings (SSSR count). The number of hydrogen-bond donors (Lipinski definition) is 1. The Bertz CT molecular complexity index is 580. The van der Waals surface area contributed by atoms with Crippen LogP contribution in [0.5, 0.6) is 0 Å². The summed E-state index contributed by atoms with van der Waals surface area (Å²) in [5, 5.41) is 10.1. The highest BCUT2D eigenvalue weighted by Crippen LogP contribution is 2.44. The molecule has 3 heterocycles. The molecule has 0 radical (unpaired) electrons. The number of anilines is 1. The van der Waals surface area contributed by atoms with Crippen molar-refractivity contribution in [2.45, 2.75) is 38.6 Å². The quantitative estimate of drug-likeness (QED) is 0.845. The topological polar surface area (TPSA) is 42.8 Å². The first-order valence-electron chi connectivity index (χ1n) is 10.4. The van der Waals surface area contributed by atoms with Gasteiger partial charge in [-0.1, -0.05) is 18.9 Å². The molecule has 1 saturated carbocycles. The van der Waals surface area contributed by atoms with Crippen LogP contribution in [0.3, 0.4) is 0 Å². The molecule has 1 N–H and O–H groups in total. The van der Waals surface area contributed by atoms with E-state index in [1.807, 2.05) is 0 Å². The van der Waals surface area contributed by atoms with E-state index in [1.54, 1.807) is 0 Å². The van der Waals surface area contributed by atoms with Crippen molar-refractivity contribution in [2.24, 2.45) is 11.3 Å². The highest BCUT2D eigenvalue weighted by molar-refractivity contribution is 5.40. The molecule has 0 unspecified atom stereocenters. The average molecular weight is 359 g/mol. The van der Waals surface area contributed by atoms with Gasteiger partial charge in [0.1, 0.15) is 5.82 Å². The minimum atomic E-state index is 0.0968. The van der Waals surface area contributed by atoms with Crippen molar-refractivity contribution in [3.63, 3.8) is 0 Å². The van der Waals surface area contributed by atoms with Gasteiger partial charge in [-0.25, -0.2) is 4.98 Å². The fourth-order valence-electron chi connectivity index (χ4n) is 4.66. The number of piperidine rings is 1.